The van der Waals surface area contributed by atoms with Crippen molar-refractivity contribution < 1.29 is 19.1 Å². The zero-order chi connectivity index (χ0) is 14.6. The third kappa shape index (κ3) is 1.86. The van der Waals surface area contributed by atoms with Gasteiger partial charge in [-0.25, -0.2) is 4.79 Å². The smallest absolute Gasteiger partial charge is 0.334 e. The van der Waals surface area contributed by atoms with Crippen molar-refractivity contribution in [3.8, 4) is 0 Å². The van der Waals surface area contributed by atoms with E-state index in [4.69, 9.17) is 9.47 Å². The molecule has 19 heavy (non-hydrogen) atoms. The Bertz CT molecular complexity index is 424. The van der Waals surface area contributed by atoms with E-state index < -0.39 is 11.0 Å². The number of carbonyl (C=O) groups excluding carboxylic acids is 2. The quantitative estimate of drug-likeness (QED) is 0.678. The minimum Gasteiger partial charge on any atom is -0.467 e. The van der Waals surface area contributed by atoms with Gasteiger partial charge in [0.25, 0.3) is 0 Å². The van der Waals surface area contributed by atoms with E-state index in [1.54, 1.807) is 4.90 Å². The van der Waals surface area contributed by atoms with Gasteiger partial charge in [0.15, 0.2) is 5.54 Å². The molecule has 0 N–H and O–H groups in total. The van der Waals surface area contributed by atoms with Gasteiger partial charge in [-0.05, 0) is 6.42 Å². The molecule has 0 aromatic rings. The Balaban J connectivity index is 2.49. The van der Waals surface area contributed by atoms with E-state index >= 15 is 0 Å². The van der Waals surface area contributed by atoms with Crippen molar-refractivity contribution in [2.45, 2.75) is 52.8 Å². The Labute approximate surface area is 114 Å². The van der Waals surface area contributed by atoms with Crippen LogP contribution < -0.4 is 0 Å². The standard InChI is InChI=1S/C14H23NO4/c1-12(2,3)10-15-9(16)13(4,5)7-14(15,8-19-10)11(17)18-6/h10H,7-8H2,1-6H3/t10?,14-/m1/s1. The zero-order valence-electron chi connectivity index (χ0n) is 12.6. The maximum Gasteiger partial charge on any atom is 0.334 e. The largest absolute Gasteiger partial charge is 0.467 e. The fourth-order valence-corrected chi connectivity index (χ4v) is 3.21. The van der Waals surface area contributed by atoms with E-state index in [0.717, 1.165) is 0 Å². The molecule has 2 aliphatic heterocycles. The lowest BCUT2D eigenvalue weighted by Crippen LogP contribution is -2.54. The number of hydrogen-bond donors (Lipinski definition) is 0. The Morgan fingerprint density at radius 3 is 2.47 bits per heavy atom. The minimum absolute atomic E-state index is 0.0321. The average molecular weight is 269 g/mol. The van der Waals surface area contributed by atoms with Crippen LogP contribution in [0.4, 0.5) is 0 Å². The number of nitrogens with zero attached hydrogens (tertiary/aromatic N) is 1. The van der Waals surface area contributed by atoms with Crippen LogP contribution in [0.25, 0.3) is 0 Å². The summed E-state index contributed by atoms with van der Waals surface area (Å²) >= 11 is 0. The zero-order valence-corrected chi connectivity index (χ0v) is 12.6. The van der Waals surface area contributed by atoms with Crippen LogP contribution >= 0.6 is 0 Å². The lowest BCUT2D eigenvalue weighted by molar-refractivity contribution is -0.158. The first-order valence-corrected chi connectivity index (χ1v) is 6.60. The minimum atomic E-state index is -0.951. The molecule has 0 aromatic heterocycles. The molecule has 0 saturated carbocycles. The molecule has 5 nitrogen and oxygen atoms in total. The number of hydrogen-bond acceptors (Lipinski definition) is 4. The van der Waals surface area contributed by atoms with Gasteiger partial charge in [-0.1, -0.05) is 34.6 Å². The van der Waals surface area contributed by atoms with Crippen LogP contribution in [0.3, 0.4) is 0 Å². The predicted molar refractivity (Wildman–Crippen MR) is 69.2 cm³/mol. The molecule has 2 fully saturated rings. The monoisotopic (exact) mass is 269 g/mol. The summed E-state index contributed by atoms with van der Waals surface area (Å²) in [4.78, 5) is 26.5. The molecule has 0 bridgehead atoms. The Kier molecular flexibility index (Phi) is 2.97. The summed E-state index contributed by atoms with van der Waals surface area (Å²) in [5.74, 6) is -0.409. The van der Waals surface area contributed by atoms with Gasteiger partial charge in [-0.3, -0.25) is 9.69 Å². The van der Waals surface area contributed by atoms with E-state index in [1.807, 2.05) is 34.6 Å². The van der Waals surface area contributed by atoms with Crippen molar-refractivity contribution in [3.63, 3.8) is 0 Å². The van der Waals surface area contributed by atoms with E-state index in [-0.39, 0.29) is 30.1 Å². The summed E-state index contributed by atoms with van der Waals surface area (Å²) in [5.41, 5.74) is -1.75. The maximum absolute atomic E-state index is 12.6. The first kappa shape index (κ1) is 14.3. The Morgan fingerprint density at radius 2 is 2.00 bits per heavy atom. The Morgan fingerprint density at radius 1 is 1.42 bits per heavy atom. The first-order chi connectivity index (χ1) is 8.56. The van der Waals surface area contributed by atoms with Gasteiger partial charge in [0.05, 0.1) is 13.7 Å². The summed E-state index contributed by atoms with van der Waals surface area (Å²) in [7, 11) is 1.36. The molecule has 0 aromatic carbocycles. The Hall–Kier alpha value is -1.10. The number of amides is 1. The molecule has 0 radical (unpaired) electrons. The highest BCUT2D eigenvalue weighted by atomic mass is 16.6. The van der Waals surface area contributed by atoms with Crippen molar-refractivity contribution in [2.75, 3.05) is 13.7 Å². The van der Waals surface area contributed by atoms with Crippen molar-refractivity contribution in [1.29, 1.82) is 0 Å². The van der Waals surface area contributed by atoms with Crippen LogP contribution in [0.2, 0.25) is 0 Å². The molecule has 5 heteroatoms. The third-order valence-corrected chi connectivity index (χ3v) is 4.01. The van der Waals surface area contributed by atoms with Gasteiger partial charge >= 0.3 is 5.97 Å². The first-order valence-electron chi connectivity index (χ1n) is 6.60. The second kappa shape index (κ2) is 3.95. The molecule has 2 saturated heterocycles. The van der Waals surface area contributed by atoms with Crippen LogP contribution in [-0.4, -0.2) is 42.3 Å². The number of ether oxygens (including phenoxy) is 2. The van der Waals surface area contributed by atoms with Gasteiger partial charge < -0.3 is 9.47 Å². The van der Waals surface area contributed by atoms with Gasteiger partial charge in [0.1, 0.15) is 6.23 Å². The van der Waals surface area contributed by atoms with Gasteiger partial charge in [0, 0.05) is 10.8 Å². The number of fused-ring (bicyclic) bond motifs is 1. The molecule has 2 rings (SSSR count). The highest BCUT2D eigenvalue weighted by molar-refractivity contribution is 5.95. The van der Waals surface area contributed by atoms with Crippen molar-refractivity contribution in [1.82, 2.24) is 4.90 Å². The normalized spacial score (nSPS) is 33.5. The summed E-state index contributed by atoms with van der Waals surface area (Å²) < 4.78 is 10.7. The molecular formula is C14H23NO4. The average Bonchev–Trinajstić information content (AvgIpc) is 2.73. The maximum atomic E-state index is 12.6. The van der Waals surface area contributed by atoms with Crippen LogP contribution in [0.1, 0.15) is 41.0 Å². The van der Waals surface area contributed by atoms with Crippen molar-refractivity contribution >= 4 is 11.9 Å². The third-order valence-electron chi connectivity index (χ3n) is 4.01. The van der Waals surface area contributed by atoms with Crippen LogP contribution in [0.15, 0.2) is 0 Å². The summed E-state index contributed by atoms with van der Waals surface area (Å²) in [6.07, 6.45) is 0.0545. The summed E-state index contributed by atoms with van der Waals surface area (Å²) in [6, 6.07) is 0. The molecule has 1 unspecified atom stereocenters. The second-order valence-electron chi connectivity index (χ2n) is 7.29. The molecular weight excluding hydrogens is 246 g/mol. The summed E-state index contributed by atoms with van der Waals surface area (Å²) in [5, 5.41) is 0. The number of methoxy groups -OCH3 is 1. The highest BCUT2D eigenvalue weighted by Crippen LogP contribution is 2.50. The molecule has 1 amide bonds. The molecule has 2 heterocycles. The number of rotatable bonds is 1. The van der Waals surface area contributed by atoms with Gasteiger partial charge in [0.2, 0.25) is 5.91 Å². The highest BCUT2D eigenvalue weighted by Gasteiger charge is 2.67. The van der Waals surface area contributed by atoms with Crippen molar-refractivity contribution in [3.05, 3.63) is 0 Å². The van der Waals surface area contributed by atoms with Crippen LogP contribution in [0, 0.1) is 10.8 Å². The molecule has 2 atom stereocenters. The van der Waals surface area contributed by atoms with Crippen LogP contribution in [0.5, 0.6) is 0 Å². The van der Waals surface area contributed by atoms with E-state index in [2.05, 4.69) is 0 Å². The lowest BCUT2D eigenvalue weighted by atomic mass is 9.84. The number of esters is 1. The van der Waals surface area contributed by atoms with Crippen LogP contribution in [-0.2, 0) is 19.1 Å². The summed E-state index contributed by atoms with van der Waals surface area (Å²) in [6.45, 7) is 9.98. The number of carbonyl (C=O) groups is 2. The van der Waals surface area contributed by atoms with E-state index in [0.29, 0.717) is 6.42 Å². The molecule has 0 aliphatic carbocycles. The van der Waals surface area contributed by atoms with Gasteiger partial charge in [-0.2, -0.15) is 0 Å². The SMILES string of the molecule is COC(=O)[C@@]12COC(C(C)(C)C)N1C(=O)C(C)(C)C2. The van der Waals surface area contributed by atoms with Gasteiger partial charge in [-0.15, -0.1) is 0 Å². The fraction of sp³-hybridized carbons (Fsp3) is 0.857. The fourth-order valence-electron chi connectivity index (χ4n) is 3.21. The second-order valence-corrected chi connectivity index (χ2v) is 7.29. The molecule has 0 spiro atoms. The predicted octanol–water partition coefficient (Wildman–Crippen LogP) is 1.56. The lowest BCUT2D eigenvalue weighted by Gasteiger charge is -2.36. The molecule has 2 aliphatic rings. The van der Waals surface area contributed by atoms with E-state index in [1.165, 1.54) is 7.11 Å². The van der Waals surface area contributed by atoms with Crippen molar-refractivity contribution in [2.24, 2.45) is 10.8 Å². The van der Waals surface area contributed by atoms with E-state index in [9.17, 15) is 9.59 Å². The molecule has 108 valence electrons. The topological polar surface area (TPSA) is 55.8 Å².